The topological polar surface area (TPSA) is 12.0 Å². The lowest BCUT2D eigenvalue weighted by Gasteiger charge is -2.08. The lowest BCUT2D eigenvalue weighted by molar-refractivity contribution is 0.613. The average Bonchev–Trinajstić information content (AvgIpc) is 2.31. The molecule has 0 aliphatic rings. The highest BCUT2D eigenvalue weighted by atomic mass is 35.5. The van der Waals surface area contributed by atoms with Crippen molar-refractivity contribution < 1.29 is 8.78 Å². The second kappa shape index (κ2) is 5.15. The molecular formula is C13H10ClF2N. The van der Waals surface area contributed by atoms with Crippen molar-refractivity contribution in [2.75, 3.05) is 5.32 Å². The summed E-state index contributed by atoms with van der Waals surface area (Å²) in [5.74, 6) is -0.661. The van der Waals surface area contributed by atoms with Crippen molar-refractivity contribution in [1.82, 2.24) is 0 Å². The molecule has 0 aliphatic heterocycles. The van der Waals surface area contributed by atoms with Crippen LogP contribution in [0.15, 0.2) is 42.5 Å². The Kier molecular flexibility index (Phi) is 3.59. The summed E-state index contributed by atoms with van der Waals surface area (Å²) in [6.45, 7) is 0.261. The Hall–Kier alpha value is -1.61. The van der Waals surface area contributed by atoms with E-state index in [0.717, 1.165) is 0 Å². The lowest BCUT2D eigenvalue weighted by Crippen LogP contribution is -2.02. The molecule has 0 unspecified atom stereocenters. The van der Waals surface area contributed by atoms with E-state index in [0.29, 0.717) is 16.3 Å². The van der Waals surface area contributed by atoms with Gasteiger partial charge in [0.15, 0.2) is 0 Å². The van der Waals surface area contributed by atoms with Gasteiger partial charge in [0.25, 0.3) is 0 Å². The van der Waals surface area contributed by atoms with Crippen molar-refractivity contribution in [1.29, 1.82) is 0 Å². The predicted octanol–water partition coefficient (Wildman–Crippen LogP) is 4.23. The van der Waals surface area contributed by atoms with Crippen molar-refractivity contribution in [3.8, 4) is 0 Å². The summed E-state index contributed by atoms with van der Waals surface area (Å²) in [6, 6.07) is 10.4. The number of anilines is 1. The summed E-state index contributed by atoms with van der Waals surface area (Å²) < 4.78 is 26.1. The molecule has 0 spiro atoms. The van der Waals surface area contributed by atoms with E-state index >= 15 is 0 Å². The molecule has 0 aromatic heterocycles. The van der Waals surface area contributed by atoms with Gasteiger partial charge in [-0.15, -0.1) is 0 Å². The highest BCUT2D eigenvalue weighted by Gasteiger charge is 2.06. The normalized spacial score (nSPS) is 10.3. The molecule has 0 amide bonds. The molecule has 0 heterocycles. The third-order valence-electron chi connectivity index (χ3n) is 2.38. The molecule has 1 nitrogen and oxygen atoms in total. The van der Waals surface area contributed by atoms with Gasteiger partial charge in [-0.25, -0.2) is 8.78 Å². The Bertz CT molecular complexity index is 491. The van der Waals surface area contributed by atoms with Gasteiger partial charge in [0.05, 0.1) is 0 Å². The van der Waals surface area contributed by atoms with Crippen LogP contribution in [0, 0.1) is 11.6 Å². The minimum atomic E-state index is -0.355. The highest BCUT2D eigenvalue weighted by molar-refractivity contribution is 6.31. The van der Waals surface area contributed by atoms with Gasteiger partial charge in [0, 0.05) is 22.8 Å². The fourth-order valence-corrected chi connectivity index (χ4v) is 1.69. The summed E-state index contributed by atoms with van der Waals surface area (Å²) in [6.07, 6.45) is 0. The van der Waals surface area contributed by atoms with Crippen LogP contribution < -0.4 is 5.32 Å². The Morgan fingerprint density at radius 3 is 2.35 bits per heavy atom. The van der Waals surface area contributed by atoms with Crippen LogP contribution in [0.1, 0.15) is 5.56 Å². The first-order valence-corrected chi connectivity index (χ1v) is 5.47. The lowest BCUT2D eigenvalue weighted by atomic mass is 10.2. The van der Waals surface area contributed by atoms with E-state index < -0.39 is 0 Å². The number of halogens is 3. The summed E-state index contributed by atoms with van der Waals surface area (Å²) in [7, 11) is 0. The standard InChI is InChI=1S/C13H10ClF2N/c14-12-2-1-3-13(16)11(12)8-17-10-6-4-9(15)5-7-10/h1-7,17H,8H2. The van der Waals surface area contributed by atoms with Crippen molar-refractivity contribution in [2.45, 2.75) is 6.54 Å². The van der Waals surface area contributed by atoms with Crippen LogP contribution >= 0.6 is 11.6 Å². The molecule has 2 rings (SSSR count). The Labute approximate surface area is 103 Å². The second-order valence-electron chi connectivity index (χ2n) is 3.56. The number of hydrogen-bond acceptors (Lipinski definition) is 1. The summed E-state index contributed by atoms with van der Waals surface area (Å²) in [4.78, 5) is 0. The first kappa shape index (κ1) is 11.9. The fourth-order valence-electron chi connectivity index (χ4n) is 1.46. The van der Waals surface area contributed by atoms with Crippen LogP contribution in [0.4, 0.5) is 14.5 Å². The van der Waals surface area contributed by atoms with Gasteiger partial charge in [-0.2, -0.15) is 0 Å². The molecule has 88 valence electrons. The fraction of sp³-hybridized carbons (Fsp3) is 0.0769. The molecule has 2 aromatic rings. The van der Waals surface area contributed by atoms with E-state index in [4.69, 9.17) is 11.6 Å². The van der Waals surface area contributed by atoms with E-state index in [2.05, 4.69) is 5.32 Å². The molecule has 0 saturated carbocycles. The maximum absolute atomic E-state index is 13.4. The van der Waals surface area contributed by atoms with Crippen molar-refractivity contribution in [3.05, 3.63) is 64.7 Å². The molecular weight excluding hydrogens is 244 g/mol. The largest absolute Gasteiger partial charge is 0.381 e. The molecule has 4 heteroatoms. The van der Waals surface area contributed by atoms with Crippen LogP contribution in [0.3, 0.4) is 0 Å². The third kappa shape index (κ3) is 2.94. The van der Waals surface area contributed by atoms with E-state index in [9.17, 15) is 8.78 Å². The number of benzene rings is 2. The van der Waals surface area contributed by atoms with E-state index in [1.54, 1.807) is 24.3 Å². The maximum Gasteiger partial charge on any atom is 0.129 e. The summed E-state index contributed by atoms with van der Waals surface area (Å²) in [5.41, 5.74) is 1.12. The zero-order valence-electron chi connectivity index (χ0n) is 8.88. The molecule has 2 aromatic carbocycles. The van der Waals surface area contributed by atoms with Gasteiger partial charge >= 0.3 is 0 Å². The summed E-state index contributed by atoms with van der Waals surface area (Å²) in [5, 5.41) is 3.35. The quantitative estimate of drug-likeness (QED) is 0.863. The molecule has 0 radical (unpaired) electrons. The molecule has 0 bridgehead atoms. The van der Waals surface area contributed by atoms with Gasteiger partial charge in [0.1, 0.15) is 11.6 Å². The first-order valence-electron chi connectivity index (χ1n) is 5.09. The minimum absolute atomic E-state index is 0.261. The molecule has 0 aliphatic carbocycles. The van der Waals surface area contributed by atoms with E-state index in [1.807, 2.05) is 0 Å². The second-order valence-corrected chi connectivity index (χ2v) is 3.97. The zero-order valence-corrected chi connectivity index (χ0v) is 9.64. The minimum Gasteiger partial charge on any atom is -0.381 e. The van der Waals surface area contributed by atoms with Crippen LogP contribution in [0.5, 0.6) is 0 Å². The van der Waals surface area contributed by atoms with Gasteiger partial charge in [-0.3, -0.25) is 0 Å². The maximum atomic E-state index is 13.4. The van der Waals surface area contributed by atoms with Gasteiger partial charge in [0.2, 0.25) is 0 Å². The third-order valence-corrected chi connectivity index (χ3v) is 2.73. The average molecular weight is 254 g/mol. The Morgan fingerprint density at radius 2 is 1.71 bits per heavy atom. The monoisotopic (exact) mass is 253 g/mol. The zero-order chi connectivity index (χ0) is 12.3. The number of rotatable bonds is 3. The van der Waals surface area contributed by atoms with Gasteiger partial charge < -0.3 is 5.32 Å². The summed E-state index contributed by atoms with van der Waals surface area (Å²) >= 11 is 5.88. The molecule has 1 N–H and O–H groups in total. The van der Waals surface area contributed by atoms with Crippen LogP contribution in [0.2, 0.25) is 5.02 Å². The van der Waals surface area contributed by atoms with Crippen LogP contribution in [-0.4, -0.2) is 0 Å². The smallest absolute Gasteiger partial charge is 0.129 e. The number of nitrogens with one attached hydrogen (secondary N) is 1. The van der Waals surface area contributed by atoms with E-state index in [-0.39, 0.29) is 18.2 Å². The van der Waals surface area contributed by atoms with Gasteiger partial charge in [-0.1, -0.05) is 17.7 Å². The van der Waals surface area contributed by atoms with E-state index in [1.165, 1.54) is 18.2 Å². The highest BCUT2D eigenvalue weighted by Crippen LogP contribution is 2.20. The Balaban J connectivity index is 2.10. The molecule has 0 saturated heterocycles. The van der Waals surface area contributed by atoms with Gasteiger partial charge in [-0.05, 0) is 36.4 Å². The molecule has 0 atom stereocenters. The van der Waals surface area contributed by atoms with Crippen LogP contribution in [-0.2, 0) is 6.54 Å². The predicted molar refractivity (Wildman–Crippen MR) is 65.1 cm³/mol. The van der Waals surface area contributed by atoms with Crippen molar-refractivity contribution in [2.24, 2.45) is 0 Å². The molecule has 0 fully saturated rings. The SMILES string of the molecule is Fc1ccc(NCc2c(F)cccc2Cl)cc1. The van der Waals surface area contributed by atoms with Crippen molar-refractivity contribution in [3.63, 3.8) is 0 Å². The van der Waals surface area contributed by atoms with Crippen molar-refractivity contribution >= 4 is 17.3 Å². The first-order chi connectivity index (χ1) is 8.16. The van der Waals surface area contributed by atoms with Crippen LogP contribution in [0.25, 0.3) is 0 Å². The number of hydrogen-bond donors (Lipinski definition) is 1. The molecule has 17 heavy (non-hydrogen) atoms. The Morgan fingerprint density at radius 1 is 1.00 bits per heavy atom.